The number of thiazole rings is 1. The Morgan fingerprint density at radius 3 is 2.77 bits per heavy atom. The van der Waals surface area contributed by atoms with Crippen LogP contribution in [0.3, 0.4) is 0 Å². The van der Waals surface area contributed by atoms with Gasteiger partial charge in [0.25, 0.3) is 5.91 Å². The Kier molecular flexibility index (Phi) is 5.50. The first-order chi connectivity index (χ1) is 14.3. The molecule has 3 aromatic rings. The van der Waals surface area contributed by atoms with Crippen LogP contribution in [-0.4, -0.2) is 38.5 Å². The zero-order valence-electron chi connectivity index (χ0n) is 15.9. The maximum absolute atomic E-state index is 14.1. The van der Waals surface area contributed by atoms with Crippen LogP contribution >= 0.6 is 11.3 Å². The van der Waals surface area contributed by atoms with Gasteiger partial charge >= 0.3 is 0 Å². The molecule has 4 rings (SSSR count). The van der Waals surface area contributed by atoms with Crippen molar-refractivity contribution in [3.05, 3.63) is 47.4 Å². The third kappa shape index (κ3) is 3.78. The van der Waals surface area contributed by atoms with Gasteiger partial charge in [-0.1, -0.05) is 17.4 Å². The van der Waals surface area contributed by atoms with Gasteiger partial charge in [0.1, 0.15) is 27.7 Å². The number of nitrogen functional groups attached to an aromatic ring is 1. The summed E-state index contributed by atoms with van der Waals surface area (Å²) >= 11 is 0.825. The SMILES string of the molecule is Cn1ncc(NC(=O)c2nc(-c3c(F)cccc3F)sc2N)c1[C@@H]1CCC(O)CO1. The second-order valence-electron chi connectivity index (χ2n) is 6.90. The number of hydrogen-bond donors (Lipinski definition) is 3. The summed E-state index contributed by atoms with van der Waals surface area (Å²) in [5.41, 5.74) is 6.51. The molecule has 158 valence electrons. The number of benzene rings is 1. The van der Waals surface area contributed by atoms with Crippen molar-refractivity contribution in [2.24, 2.45) is 7.05 Å². The van der Waals surface area contributed by atoms with Gasteiger partial charge in [0, 0.05) is 7.05 Å². The van der Waals surface area contributed by atoms with Gasteiger partial charge in [-0.15, -0.1) is 0 Å². The smallest absolute Gasteiger partial charge is 0.277 e. The number of aryl methyl sites for hydroxylation is 1. The van der Waals surface area contributed by atoms with Gasteiger partial charge in [-0.3, -0.25) is 9.48 Å². The second kappa shape index (κ2) is 8.09. The molecular weight excluding hydrogens is 416 g/mol. The highest BCUT2D eigenvalue weighted by molar-refractivity contribution is 7.19. The summed E-state index contributed by atoms with van der Waals surface area (Å²) in [5.74, 6) is -2.21. The van der Waals surface area contributed by atoms with E-state index in [9.17, 15) is 18.7 Å². The van der Waals surface area contributed by atoms with E-state index in [1.165, 1.54) is 12.3 Å². The third-order valence-electron chi connectivity index (χ3n) is 4.83. The van der Waals surface area contributed by atoms with E-state index >= 15 is 0 Å². The van der Waals surface area contributed by atoms with Crippen molar-refractivity contribution in [3.63, 3.8) is 0 Å². The van der Waals surface area contributed by atoms with Gasteiger partial charge in [-0.25, -0.2) is 13.8 Å². The fraction of sp³-hybridized carbons (Fsp3) is 0.316. The molecule has 30 heavy (non-hydrogen) atoms. The minimum absolute atomic E-state index is 0.0238. The number of halogens is 2. The van der Waals surface area contributed by atoms with E-state index in [0.717, 1.165) is 23.5 Å². The molecule has 0 aliphatic carbocycles. The first kappa shape index (κ1) is 20.4. The molecule has 1 saturated heterocycles. The highest BCUT2D eigenvalue weighted by atomic mass is 32.1. The molecule has 1 amide bonds. The predicted molar refractivity (Wildman–Crippen MR) is 107 cm³/mol. The molecule has 0 bridgehead atoms. The van der Waals surface area contributed by atoms with E-state index < -0.39 is 23.6 Å². The third-order valence-corrected chi connectivity index (χ3v) is 5.74. The number of nitrogens with zero attached hydrogens (tertiary/aromatic N) is 3. The van der Waals surface area contributed by atoms with Gasteiger partial charge in [0.15, 0.2) is 5.69 Å². The average molecular weight is 435 g/mol. The number of carbonyl (C=O) groups is 1. The fourth-order valence-corrected chi connectivity index (χ4v) is 4.24. The Bertz CT molecular complexity index is 1070. The number of nitrogens with two attached hydrogens (primary N) is 1. The zero-order valence-corrected chi connectivity index (χ0v) is 16.7. The quantitative estimate of drug-likeness (QED) is 0.581. The van der Waals surface area contributed by atoms with Crippen LogP contribution in [0.5, 0.6) is 0 Å². The van der Waals surface area contributed by atoms with Gasteiger partial charge in [0.2, 0.25) is 0 Å². The van der Waals surface area contributed by atoms with Crippen LogP contribution in [-0.2, 0) is 11.8 Å². The normalized spacial score (nSPS) is 19.1. The van der Waals surface area contributed by atoms with Crippen molar-refractivity contribution in [1.82, 2.24) is 14.8 Å². The largest absolute Gasteiger partial charge is 0.391 e. The molecule has 2 aromatic heterocycles. The lowest BCUT2D eigenvalue weighted by Crippen LogP contribution is -2.26. The molecule has 1 fully saturated rings. The summed E-state index contributed by atoms with van der Waals surface area (Å²) in [6.45, 7) is 0.194. The maximum Gasteiger partial charge on any atom is 0.277 e. The Labute approximate surface area is 174 Å². The molecule has 1 aromatic carbocycles. The molecule has 8 nitrogen and oxygen atoms in total. The Morgan fingerprint density at radius 2 is 2.10 bits per heavy atom. The summed E-state index contributed by atoms with van der Waals surface area (Å²) in [7, 11) is 1.72. The van der Waals surface area contributed by atoms with Crippen LogP contribution in [0.15, 0.2) is 24.4 Å². The minimum atomic E-state index is -0.790. The number of aliphatic hydroxyl groups excluding tert-OH is 1. The number of carbonyl (C=O) groups excluding carboxylic acids is 1. The first-order valence-electron chi connectivity index (χ1n) is 9.18. The molecule has 1 aliphatic rings. The number of nitrogens with one attached hydrogen (secondary N) is 1. The predicted octanol–water partition coefficient (Wildman–Crippen LogP) is 2.87. The van der Waals surface area contributed by atoms with Crippen LogP contribution in [0.25, 0.3) is 10.6 Å². The van der Waals surface area contributed by atoms with E-state index in [-0.39, 0.29) is 34.0 Å². The zero-order chi connectivity index (χ0) is 21.4. The lowest BCUT2D eigenvalue weighted by Gasteiger charge is -2.27. The van der Waals surface area contributed by atoms with Gasteiger partial charge in [-0.05, 0) is 25.0 Å². The highest BCUT2D eigenvalue weighted by Crippen LogP contribution is 2.35. The average Bonchev–Trinajstić information content (AvgIpc) is 3.25. The van der Waals surface area contributed by atoms with Crippen LogP contribution < -0.4 is 11.1 Å². The molecule has 3 heterocycles. The molecule has 0 spiro atoms. The first-order valence-corrected chi connectivity index (χ1v) is 10.0. The maximum atomic E-state index is 14.1. The number of hydrogen-bond acceptors (Lipinski definition) is 7. The molecule has 1 aliphatic heterocycles. The van der Waals surface area contributed by atoms with Gasteiger partial charge < -0.3 is 20.9 Å². The van der Waals surface area contributed by atoms with E-state index in [0.29, 0.717) is 24.2 Å². The van der Waals surface area contributed by atoms with Crippen molar-refractivity contribution in [2.75, 3.05) is 17.7 Å². The van der Waals surface area contributed by atoms with E-state index in [1.807, 2.05) is 0 Å². The van der Waals surface area contributed by atoms with Crippen LogP contribution in [0.1, 0.15) is 35.1 Å². The molecule has 0 radical (unpaired) electrons. The van der Waals surface area contributed by atoms with Gasteiger partial charge in [0.05, 0.1) is 35.9 Å². The van der Waals surface area contributed by atoms with Crippen molar-refractivity contribution in [3.8, 4) is 10.6 Å². The van der Waals surface area contributed by atoms with Crippen molar-refractivity contribution in [1.29, 1.82) is 0 Å². The van der Waals surface area contributed by atoms with Crippen molar-refractivity contribution < 1.29 is 23.4 Å². The number of ether oxygens (including phenoxy) is 1. The molecule has 1 unspecified atom stereocenters. The topological polar surface area (TPSA) is 115 Å². The lowest BCUT2D eigenvalue weighted by molar-refractivity contribution is -0.0594. The molecular formula is C19H19F2N5O3S. The summed E-state index contributed by atoms with van der Waals surface area (Å²) in [4.78, 5) is 16.9. The van der Waals surface area contributed by atoms with E-state index in [4.69, 9.17) is 10.5 Å². The highest BCUT2D eigenvalue weighted by Gasteiger charge is 2.28. The molecule has 0 saturated carbocycles. The van der Waals surface area contributed by atoms with E-state index in [1.54, 1.807) is 11.7 Å². The standard InChI is InChI=1S/C19H19F2N5O3S/c1-26-16(13-6-5-9(27)8-29-13)12(7-23-26)24-18(28)15-17(22)30-19(25-15)14-10(20)3-2-4-11(14)21/h2-4,7,9,13,27H,5-6,8,22H2,1H3,(H,24,28)/t9?,13-/m0/s1. The lowest BCUT2D eigenvalue weighted by atomic mass is 10.0. The monoisotopic (exact) mass is 435 g/mol. The molecule has 11 heteroatoms. The van der Waals surface area contributed by atoms with E-state index in [2.05, 4.69) is 15.4 Å². The minimum Gasteiger partial charge on any atom is -0.391 e. The Balaban J connectivity index is 1.60. The summed E-state index contributed by atoms with van der Waals surface area (Å²) in [5, 5.41) is 16.5. The Hall–Kier alpha value is -2.89. The van der Waals surface area contributed by atoms with Crippen molar-refractivity contribution >= 4 is 27.9 Å². The molecule has 4 N–H and O–H groups in total. The van der Waals surface area contributed by atoms with Crippen LogP contribution in [0.2, 0.25) is 0 Å². The summed E-state index contributed by atoms with van der Waals surface area (Å²) in [6.07, 6.45) is 1.76. The number of amides is 1. The summed E-state index contributed by atoms with van der Waals surface area (Å²) in [6, 6.07) is 3.46. The van der Waals surface area contributed by atoms with Crippen LogP contribution in [0, 0.1) is 11.6 Å². The van der Waals surface area contributed by atoms with Crippen LogP contribution in [0.4, 0.5) is 19.5 Å². The number of anilines is 2. The Morgan fingerprint density at radius 1 is 1.37 bits per heavy atom. The number of aromatic nitrogens is 3. The summed E-state index contributed by atoms with van der Waals surface area (Å²) < 4.78 is 35.4. The fourth-order valence-electron chi connectivity index (χ4n) is 3.36. The number of aliphatic hydroxyl groups is 1. The molecule has 2 atom stereocenters. The number of rotatable bonds is 4. The van der Waals surface area contributed by atoms with Gasteiger partial charge in [-0.2, -0.15) is 5.10 Å². The van der Waals surface area contributed by atoms with Crippen molar-refractivity contribution in [2.45, 2.75) is 25.0 Å². The second-order valence-corrected chi connectivity index (χ2v) is 7.93.